The molecular weight excluding hydrogens is 460 g/mol. The molecule has 2 aliphatic heterocycles. The standard InChI is InChI=1S/C26H32N6O4/c1-34-19-12-20(17-2-3-17)24-22(13-19)29-26(30-25(24)33)32-5-4-21-18(15-32)14-27-23(28-21)16-36-11-8-31-6-9-35-10-7-31/h12-14,17H,2-11,15-16H2,1H3,(H,29,30,33). The molecule has 0 radical (unpaired) electrons. The Bertz CT molecular complexity index is 1300. The van der Waals surface area contributed by atoms with E-state index in [1.165, 1.54) is 0 Å². The molecular formula is C26H32N6O4. The Hall–Kier alpha value is -3.08. The van der Waals surface area contributed by atoms with Gasteiger partial charge in [-0.3, -0.25) is 14.7 Å². The minimum absolute atomic E-state index is 0.0915. The molecule has 10 nitrogen and oxygen atoms in total. The maximum atomic E-state index is 13.1. The Morgan fingerprint density at radius 1 is 1.17 bits per heavy atom. The number of morpholine rings is 1. The first-order chi connectivity index (χ1) is 17.7. The van der Waals surface area contributed by atoms with Gasteiger partial charge in [-0.2, -0.15) is 0 Å². The quantitative estimate of drug-likeness (QED) is 0.473. The molecule has 3 aromatic rings. The molecule has 3 aliphatic rings. The van der Waals surface area contributed by atoms with Crippen LogP contribution in [0, 0.1) is 0 Å². The van der Waals surface area contributed by atoms with Crippen LogP contribution in [0.3, 0.4) is 0 Å². The van der Waals surface area contributed by atoms with Gasteiger partial charge >= 0.3 is 0 Å². The summed E-state index contributed by atoms with van der Waals surface area (Å²) < 4.78 is 16.7. The van der Waals surface area contributed by atoms with Crippen LogP contribution in [0.4, 0.5) is 5.95 Å². The summed E-state index contributed by atoms with van der Waals surface area (Å²) in [7, 11) is 1.65. The third-order valence-electron chi connectivity index (χ3n) is 7.22. The van der Waals surface area contributed by atoms with Crippen molar-refractivity contribution in [3.8, 4) is 5.75 Å². The molecule has 1 aromatic carbocycles. The third kappa shape index (κ3) is 4.93. The van der Waals surface area contributed by atoms with E-state index in [-0.39, 0.29) is 5.56 Å². The average Bonchev–Trinajstić information content (AvgIpc) is 3.76. The zero-order valence-electron chi connectivity index (χ0n) is 20.7. The number of hydrogen-bond acceptors (Lipinski definition) is 9. The van der Waals surface area contributed by atoms with E-state index in [2.05, 4.69) is 19.8 Å². The smallest absolute Gasteiger partial charge is 0.260 e. The molecule has 2 aromatic heterocycles. The zero-order chi connectivity index (χ0) is 24.5. The monoisotopic (exact) mass is 492 g/mol. The van der Waals surface area contributed by atoms with E-state index in [1.54, 1.807) is 7.11 Å². The Kier molecular flexibility index (Phi) is 6.56. The van der Waals surface area contributed by atoms with E-state index in [0.29, 0.717) is 48.4 Å². The molecule has 2 fully saturated rings. The van der Waals surface area contributed by atoms with E-state index in [4.69, 9.17) is 24.2 Å². The van der Waals surface area contributed by atoms with Crippen molar-refractivity contribution in [2.45, 2.75) is 38.3 Å². The summed E-state index contributed by atoms with van der Waals surface area (Å²) in [5.41, 5.74) is 3.72. The van der Waals surface area contributed by atoms with Gasteiger partial charge in [0.25, 0.3) is 5.56 Å². The number of methoxy groups -OCH3 is 1. The summed E-state index contributed by atoms with van der Waals surface area (Å²) in [5.74, 6) is 2.45. The Morgan fingerprint density at radius 3 is 2.83 bits per heavy atom. The number of ether oxygens (including phenoxy) is 3. The normalized spacial score (nSPS) is 18.4. The number of hydrogen-bond donors (Lipinski definition) is 1. The predicted octanol–water partition coefficient (Wildman–Crippen LogP) is 2.01. The molecule has 0 amide bonds. The lowest BCUT2D eigenvalue weighted by Gasteiger charge is -2.28. The summed E-state index contributed by atoms with van der Waals surface area (Å²) in [5, 5.41) is 0.682. The van der Waals surface area contributed by atoms with Crippen LogP contribution in [-0.2, 0) is 29.0 Å². The Morgan fingerprint density at radius 2 is 2.03 bits per heavy atom. The maximum absolute atomic E-state index is 13.1. The van der Waals surface area contributed by atoms with Crippen molar-refractivity contribution >= 4 is 16.9 Å². The fourth-order valence-electron chi connectivity index (χ4n) is 5.04. The van der Waals surface area contributed by atoms with Gasteiger partial charge in [0.05, 0.1) is 43.5 Å². The summed E-state index contributed by atoms with van der Waals surface area (Å²) in [6.45, 7) is 6.79. The first kappa shape index (κ1) is 23.3. The van der Waals surface area contributed by atoms with Gasteiger partial charge in [0.15, 0.2) is 5.82 Å². The Labute approximate surface area is 209 Å². The number of anilines is 1. The molecule has 4 heterocycles. The Balaban J connectivity index is 1.14. The highest BCUT2D eigenvalue weighted by Gasteiger charge is 2.28. The first-order valence-electron chi connectivity index (χ1n) is 12.8. The van der Waals surface area contributed by atoms with Crippen molar-refractivity contribution in [3.63, 3.8) is 0 Å². The molecule has 0 unspecified atom stereocenters. The number of aromatic amines is 1. The van der Waals surface area contributed by atoms with E-state index in [1.807, 2.05) is 18.3 Å². The predicted molar refractivity (Wildman–Crippen MR) is 135 cm³/mol. The van der Waals surface area contributed by atoms with Gasteiger partial charge in [-0.1, -0.05) is 0 Å². The lowest BCUT2D eigenvalue weighted by atomic mass is 10.0. The number of fused-ring (bicyclic) bond motifs is 2. The van der Waals surface area contributed by atoms with Crippen LogP contribution < -0.4 is 15.2 Å². The van der Waals surface area contributed by atoms with Crippen LogP contribution in [0.2, 0.25) is 0 Å². The summed E-state index contributed by atoms with van der Waals surface area (Å²) in [6.07, 6.45) is 4.84. The zero-order valence-corrected chi connectivity index (χ0v) is 20.7. The highest BCUT2D eigenvalue weighted by molar-refractivity contribution is 5.85. The second-order valence-electron chi connectivity index (χ2n) is 9.71. The van der Waals surface area contributed by atoms with Crippen molar-refractivity contribution in [1.82, 2.24) is 24.8 Å². The van der Waals surface area contributed by atoms with E-state index in [0.717, 1.165) is 81.2 Å². The molecule has 190 valence electrons. The molecule has 0 atom stereocenters. The van der Waals surface area contributed by atoms with Gasteiger partial charge in [-0.05, 0) is 30.4 Å². The van der Waals surface area contributed by atoms with Gasteiger partial charge in [0, 0.05) is 57.0 Å². The minimum Gasteiger partial charge on any atom is -0.497 e. The van der Waals surface area contributed by atoms with Gasteiger partial charge in [0.1, 0.15) is 12.4 Å². The molecule has 0 spiro atoms. The van der Waals surface area contributed by atoms with Gasteiger partial charge in [-0.15, -0.1) is 0 Å². The molecule has 1 saturated heterocycles. The maximum Gasteiger partial charge on any atom is 0.260 e. The molecule has 36 heavy (non-hydrogen) atoms. The number of nitrogens with one attached hydrogen (secondary N) is 1. The lowest BCUT2D eigenvalue weighted by Crippen LogP contribution is -2.38. The van der Waals surface area contributed by atoms with E-state index >= 15 is 0 Å². The van der Waals surface area contributed by atoms with Gasteiger partial charge < -0.3 is 19.1 Å². The van der Waals surface area contributed by atoms with Crippen LogP contribution >= 0.6 is 0 Å². The number of benzene rings is 1. The fraction of sp³-hybridized carbons (Fsp3) is 0.538. The van der Waals surface area contributed by atoms with Crippen molar-refractivity contribution in [2.75, 3.05) is 58.0 Å². The average molecular weight is 493 g/mol. The second-order valence-corrected chi connectivity index (χ2v) is 9.71. The summed E-state index contributed by atoms with van der Waals surface area (Å²) in [6, 6.07) is 3.83. The van der Waals surface area contributed by atoms with Crippen LogP contribution in [0.25, 0.3) is 10.9 Å². The highest BCUT2D eigenvalue weighted by Crippen LogP contribution is 2.43. The van der Waals surface area contributed by atoms with E-state index in [9.17, 15) is 4.79 Å². The topological polar surface area (TPSA) is 106 Å². The fourth-order valence-corrected chi connectivity index (χ4v) is 5.04. The number of aromatic nitrogens is 4. The highest BCUT2D eigenvalue weighted by atomic mass is 16.5. The largest absolute Gasteiger partial charge is 0.497 e. The van der Waals surface area contributed by atoms with Gasteiger partial charge in [-0.25, -0.2) is 15.0 Å². The number of rotatable bonds is 8. The van der Waals surface area contributed by atoms with Crippen LogP contribution in [0.1, 0.15) is 41.4 Å². The molecule has 1 N–H and O–H groups in total. The number of nitrogens with zero attached hydrogens (tertiary/aromatic N) is 5. The van der Waals surface area contributed by atoms with E-state index < -0.39 is 0 Å². The van der Waals surface area contributed by atoms with Crippen molar-refractivity contribution < 1.29 is 14.2 Å². The van der Waals surface area contributed by atoms with Crippen LogP contribution in [0.5, 0.6) is 5.75 Å². The van der Waals surface area contributed by atoms with Crippen molar-refractivity contribution in [1.29, 1.82) is 0 Å². The lowest BCUT2D eigenvalue weighted by molar-refractivity contribution is 0.0172. The molecule has 6 rings (SSSR count). The van der Waals surface area contributed by atoms with Gasteiger partial charge in [0.2, 0.25) is 5.95 Å². The van der Waals surface area contributed by atoms with Crippen LogP contribution in [-0.4, -0.2) is 77.9 Å². The minimum atomic E-state index is -0.0915. The third-order valence-corrected chi connectivity index (χ3v) is 7.22. The summed E-state index contributed by atoms with van der Waals surface area (Å²) >= 11 is 0. The summed E-state index contributed by atoms with van der Waals surface area (Å²) in [4.78, 5) is 34.7. The van der Waals surface area contributed by atoms with Crippen molar-refractivity contribution in [3.05, 3.63) is 51.3 Å². The number of H-pyrrole nitrogens is 1. The molecule has 1 saturated carbocycles. The second kappa shape index (κ2) is 10.1. The van der Waals surface area contributed by atoms with Crippen LogP contribution in [0.15, 0.2) is 23.1 Å². The molecule has 0 bridgehead atoms. The molecule has 10 heteroatoms. The van der Waals surface area contributed by atoms with Crippen molar-refractivity contribution in [2.24, 2.45) is 0 Å². The molecule has 1 aliphatic carbocycles. The first-order valence-corrected chi connectivity index (χ1v) is 12.8. The SMILES string of the molecule is COc1cc(C2CC2)c2c(=O)[nH]c(N3CCc4nc(COCCN5CCOCC5)ncc4C3)nc2c1.